The van der Waals surface area contributed by atoms with Crippen molar-refractivity contribution in [2.75, 3.05) is 19.6 Å². The Morgan fingerprint density at radius 2 is 1.74 bits per heavy atom. The molecule has 2 aliphatic heterocycles. The number of nitrogens with one attached hydrogen (secondary N) is 1. The quantitative estimate of drug-likeness (QED) is 0.610. The molecule has 0 aliphatic carbocycles. The number of carbonyl (C=O) groups is 1. The van der Waals surface area contributed by atoms with Crippen LogP contribution < -0.4 is 5.32 Å². The number of para-hydroxylation sites is 1. The number of hydrogen-bond acceptors (Lipinski definition) is 2. The number of aromatic nitrogens is 1. The highest BCUT2D eigenvalue weighted by Crippen LogP contribution is 2.31. The lowest BCUT2D eigenvalue weighted by atomic mass is 9.83. The lowest BCUT2D eigenvalue weighted by molar-refractivity contribution is -0.121. The zero-order valence-electron chi connectivity index (χ0n) is 18.3. The Bertz CT molecular complexity index is 1020. The molecule has 31 heavy (non-hydrogen) atoms. The van der Waals surface area contributed by atoms with Gasteiger partial charge in [-0.2, -0.15) is 0 Å². The number of benzene rings is 2. The van der Waals surface area contributed by atoms with Gasteiger partial charge < -0.3 is 14.8 Å². The van der Waals surface area contributed by atoms with E-state index in [-0.39, 0.29) is 5.91 Å². The van der Waals surface area contributed by atoms with Crippen LogP contribution in [0.15, 0.2) is 60.7 Å². The van der Waals surface area contributed by atoms with Crippen LogP contribution in [0.2, 0.25) is 0 Å². The first-order chi connectivity index (χ1) is 15.3. The minimum atomic E-state index is 0.171. The third kappa shape index (κ3) is 4.40. The normalized spacial score (nSPS) is 21.7. The molecule has 0 bridgehead atoms. The Kier molecular flexibility index (Phi) is 6.08. The van der Waals surface area contributed by atoms with Crippen molar-refractivity contribution in [1.82, 2.24) is 14.8 Å². The Morgan fingerprint density at radius 3 is 2.65 bits per heavy atom. The number of piperidine rings is 2. The number of rotatable bonds is 6. The lowest BCUT2D eigenvalue weighted by Crippen LogP contribution is -2.51. The molecular formula is C27H33N3O. The van der Waals surface area contributed by atoms with E-state index in [1.807, 2.05) is 6.07 Å². The van der Waals surface area contributed by atoms with E-state index in [4.69, 9.17) is 0 Å². The van der Waals surface area contributed by atoms with E-state index in [9.17, 15) is 4.79 Å². The van der Waals surface area contributed by atoms with E-state index in [0.29, 0.717) is 24.9 Å². The average molecular weight is 416 g/mol. The smallest absolute Gasteiger partial charge is 0.221 e. The largest absolute Gasteiger partial charge is 0.356 e. The van der Waals surface area contributed by atoms with Gasteiger partial charge in [-0.1, -0.05) is 55.0 Å². The first-order valence-corrected chi connectivity index (χ1v) is 11.9. The van der Waals surface area contributed by atoms with Crippen LogP contribution in [0.4, 0.5) is 0 Å². The summed E-state index contributed by atoms with van der Waals surface area (Å²) in [5, 5.41) is 4.50. The van der Waals surface area contributed by atoms with Crippen LogP contribution in [0.25, 0.3) is 22.2 Å². The van der Waals surface area contributed by atoms with Gasteiger partial charge in [-0.05, 0) is 62.4 Å². The molecule has 3 heterocycles. The molecular weight excluding hydrogens is 382 g/mol. The Balaban J connectivity index is 1.25. The fraction of sp³-hybridized carbons (Fsp3) is 0.444. The van der Waals surface area contributed by atoms with Crippen LogP contribution >= 0.6 is 0 Å². The minimum absolute atomic E-state index is 0.171. The van der Waals surface area contributed by atoms with Crippen LogP contribution in [0.1, 0.15) is 38.5 Å². The molecule has 1 amide bonds. The van der Waals surface area contributed by atoms with E-state index in [0.717, 1.165) is 6.54 Å². The fourth-order valence-corrected chi connectivity index (χ4v) is 5.66. The molecule has 1 aromatic heterocycles. The lowest BCUT2D eigenvalue weighted by Gasteiger charge is -2.44. The van der Waals surface area contributed by atoms with E-state index in [2.05, 4.69) is 69.4 Å². The van der Waals surface area contributed by atoms with Crippen LogP contribution in [0.5, 0.6) is 0 Å². The number of aryl methyl sites for hydroxylation is 1. The Labute approximate surface area is 185 Å². The Morgan fingerprint density at radius 1 is 0.935 bits per heavy atom. The number of nitrogens with zero attached hydrogens (tertiary/aromatic N) is 2. The maximum atomic E-state index is 12.8. The van der Waals surface area contributed by atoms with Crippen molar-refractivity contribution in [3.63, 3.8) is 0 Å². The summed E-state index contributed by atoms with van der Waals surface area (Å²) < 4.78 is 2.30. The van der Waals surface area contributed by atoms with Gasteiger partial charge in [-0.25, -0.2) is 0 Å². The molecule has 162 valence electrons. The van der Waals surface area contributed by atoms with Gasteiger partial charge in [-0.15, -0.1) is 0 Å². The van der Waals surface area contributed by atoms with Crippen LogP contribution in [-0.4, -0.2) is 41.1 Å². The van der Waals surface area contributed by atoms with Gasteiger partial charge >= 0.3 is 0 Å². The molecule has 3 aromatic rings. The molecule has 0 radical (unpaired) electrons. The van der Waals surface area contributed by atoms with Crippen LogP contribution in [0.3, 0.4) is 0 Å². The van der Waals surface area contributed by atoms with E-state index >= 15 is 0 Å². The molecule has 2 atom stereocenters. The van der Waals surface area contributed by atoms with Gasteiger partial charge in [0.15, 0.2) is 0 Å². The summed E-state index contributed by atoms with van der Waals surface area (Å²) in [4.78, 5) is 15.5. The van der Waals surface area contributed by atoms with Crippen molar-refractivity contribution < 1.29 is 4.79 Å². The summed E-state index contributed by atoms with van der Waals surface area (Å²) in [6.45, 7) is 4.03. The van der Waals surface area contributed by atoms with Crippen molar-refractivity contribution >= 4 is 16.8 Å². The predicted octanol–water partition coefficient (Wildman–Crippen LogP) is 5.08. The third-order valence-electron chi connectivity index (χ3n) is 7.23. The highest BCUT2D eigenvalue weighted by Gasteiger charge is 2.32. The van der Waals surface area contributed by atoms with E-state index in [1.165, 1.54) is 67.4 Å². The second kappa shape index (κ2) is 9.27. The zero-order chi connectivity index (χ0) is 21.0. The molecule has 2 aromatic carbocycles. The molecule has 2 saturated heterocycles. The molecule has 1 N–H and O–H groups in total. The summed E-state index contributed by atoms with van der Waals surface area (Å²) >= 11 is 0. The van der Waals surface area contributed by atoms with Gasteiger partial charge in [0.1, 0.15) is 0 Å². The number of amides is 1. The highest BCUT2D eigenvalue weighted by molar-refractivity contribution is 5.87. The molecule has 0 unspecified atom stereocenters. The summed E-state index contributed by atoms with van der Waals surface area (Å²) in [5.74, 6) is 0.787. The first kappa shape index (κ1) is 20.3. The molecule has 5 rings (SSSR count). The molecule has 2 fully saturated rings. The zero-order valence-corrected chi connectivity index (χ0v) is 18.3. The summed E-state index contributed by atoms with van der Waals surface area (Å²) in [5.41, 5.74) is 3.57. The van der Waals surface area contributed by atoms with Gasteiger partial charge in [0.2, 0.25) is 5.91 Å². The molecule has 0 spiro atoms. The van der Waals surface area contributed by atoms with E-state index < -0.39 is 0 Å². The predicted molar refractivity (Wildman–Crippen MR) is 127 cm³/mol. The van der Waals surface area contributed by atoms with E-state index in [1.54, 1.807) is 0 Å². The van der Waals surface area contributed by atoms with Crippen LogP contribution in [0, 0.1) is 5.92 Å². The summed E-state index contributed by atoms with van der Waals surface area (Å²) in [7, 11) is 0. The van der Waals surface area contributed by atoms with Crippen LogP contribution in [-0.2, 0) is 11.3 Å². The molecule has 4 heteroatoms. The first-order valence-electron chi connectivity index (χ1n) is 11.9. The van der Waals surface area contributed by atoms with Crippen molar-refractivity contribution in [3.8, 4) is 11.3 Å². The number of fused-ring (bicyclic) bond motifs is 2. The maximum absolute atomic E-state index is 12.8. The second-order valence-corrected chi connectivity index (χ2v) is 9.16. The molecule has 4 nitrogen and oxygen atoms in total. The van der Waals surface area contributed by atoms with Crippen molar-refractivity contribution in [1.29, 1.82) is 0 Å². The second-order valence-electron chi connectivity index (χ2n) is 9.16. The standard InChI is InChI=1S/C27H33N3O/c31-27(28-20-23-12-8-17-29-16-7-6-13-24(23)29)15-18-30-25-14-5-4-11-22(25)19-26(30)21-9-2-1-3-10-21/h1-5,9-11,14,19,23-24H,6-8,12-13,15-18,20H2,(H,28,31)/t23-,24+/m0/s1. The number of hydrogen-bond donors (Lipinski definition) is 1. The fourth-order valence-electron chi connectivity index (χ4n) is 5.66. The average Bonchev–Trinajstić information content (AvgIpc) is 3.20. The molecule has 0 saturated carbocycles. The summed E-state index contributed by atoms with van der Waals surface area (Å²) in [6.07, 6.45) is 7.02. The topological polar surface area (TPSA) is 37.3 Å². The maximum Gasteiger partial charge on any atom is 0.221 e. The van der Waals surface area contributed by atoms with Crippen molar-refractivity contribution in [2.45, 2.75) is 51.1 Å². The SMILES string of the molecule is O=C(CCn1c(-c2ccccc2)cc2ccccc21)NC[C@@H]1CCCN2CCCC[C@H]12. The molecule has 2 aliphatic rings. The monoisotopic (exact) mass is 415 g/mol. The summed E-state index contributed by atoms with van der Waals surface area (Å²) in [6, 6.07) is 21.8. The van der Waals surface area contributed by atoms with Crippen molar-refractivity contribution in [3.05, 3.63) is 60.7 Å². The number of carbonyl (C=O) groups excluding carboxylic acids is 1. The Hall–Kier alpha value is -2.59. The third-order valence-corrected chi connectivity index (χ3v) is 7.23. The van der Waals surface area contributed by atoms with Gasteiger partial charge in [-0.3, -0.25) is 4.79 Å². The minimum Gasteiger partial charge on any atom is -0.356 e. The van der Waals surface area contributed by atoms with Gasteiger partial charge in [0.05, 0.1) is 0 Å². The van der Waals surface area contributed by atoms with Gasteiger partial charge in [0.25, 0.3) is 0 Å². The highest BCUT2D eigenvalue weighted by atomic mass is 16.1. The van der Waals surface area contributed by atoms with Gasteiger partial charge in [0, 0.05) is 42.1 Å². The van der Waals surface area contributed by atoms with Crippen molar-refractivity contribution in [2.24, 2.45) is 5.92 Å².